The summed E-state index contributed by atoms with van der Waals surface area (Å²) in [5.74, 6) is -0.229. The first-order chi connectivity index (χ1) is 15.5. The highest BCUT2D eigenvalue weighted by Crippen LogP contribution is 2.25. The first-order valence-corrected chi connectivity index (χ1v) is 11.5. The molecule has 0 radical (unpaired) electrons. The van der Waals surface area contributed by atoms with E-state index in [-0.39, 0.29) is 17.2 Å². The van der Waals surface area contributed by atoms with Crippen LogP contribution in [0, 0.1) is 0 Å². The lowest BCUT2D eigenvalue weighted by molar-refractivity contribution is -0.113. The van der Waals surface area contributed by atoms with Gasteiger partial charge in [-0.25, -0.2) is 14.6 Å². The third-order valence-corrected chi connectivity index (χ3v) is 6.01. The van der Waals surface area contributed by atoms with Gasteiger partial charge in [-0.3, -0.25) is 14.2 Å². The lowest BCUT2D eigenvalue weighted by atomic mass is 10.2. The molecule has 1 amide bonds. The monoisotopic (exact) mass is 488 g/mol. The van der Waals surface area contributed by atoms with Crippen LogP contribution in [0.5, 0.6) is 0 Å². The topological polar surface area (TPSA) is 94.7 Å². The van der Waals surface area contributed by atoms with Gasteiger partial charge in [0.05, 0.1) is 28.0 Å². The number of thioether (sulfide) groups is 1. The van der Waals surface area contributed by atoms with E-state index in [1.807, 2.05) is 6.92 Å². The lowest BCUT2D eigenvalue weighted by Crippen LogP contribution is -2.24. The number of nitrogens with zero attached hydrogens (tertiary/aromatic N) is 5. The van der Waals surface area contributed by atoms with Gasteiger partial charge in [-0.2, -0.15) is 5.10 Å². The zero-order valence-electron chi connectivity index (χ0n) is 17.0. The van der Waals surface area contributed by atoms with E-state index in [1.54, 1.807) is 41.0 Å². The minimum Gasteiger partial charge on any atom is -0.323 e. The summed E-state index contributed by atoms with van der Waals surface area (Å²) < 4.78 is 3.13. The summed E-state index contributed by atoms with van der Waals surface area (Å²) in [4.78, 5) is 34.2. The Balaban J connectivity index is 1.58. The molecule has 8 nitrogen and oxygen atoms in total. The molecule has 4 aromatic rings. The number of nitrogens with one attached hydrogen (secondary N) is 1. The minimum atomic E-state index is -0.276. The van der Waals surface area contributed by atoms with E-state index in [9.17, 15) is 9.59 Å². The predicted octanol–water partition coefficient (Wildman–Crippen LogP) is 4.42. The highest BCUT2D eigenvalue weighted by molar-refractivity contribution is 7.99. The number of rotatable bonds is 7. The number of anilines is 1. The summed E-state index contributed by atoms with van der Waals surface area (Å²) in [5.41, 5.74) is 1.48. The van der Waals surface area contributed by atoms with Crippen LogP contribution in [0.4, 0.5) is 5.69 Å². The molecule has 4 rings (SSSR count). The number of benzene rings is 2. The molecule has 0 aliphatic carbocycles. The van der Waals surface area contributed by atoms with Crippen molar-refractivity contribution < 1.29 is 4.79 Å². The molecule has 11 heteroatoms. The highest BCUT2D eigenvalue weighted by atomic mass is 35.5. The number of amides is 1. The Bertz CT molecular complexity index is 1340. The van der Waals surface area contributed by atoms with Crippen molar-refractivity contribution in [1.82, 2.24) is 24.3 Å². The number of halogens is 2. The van der Waals surface area contributed by atoms with E-state index in [0.717, 1.165) is 6.42 Å². The number of carbonyl (C=O) groups is 1. The molecule has 164 valence electrons. The summed E-state index contributed by atoms with van der Waals surface area (Å²) in [7, 11) is 0. The Morgan fingerprint density at radius 1 is 1.16 bits per heavy atom. The average Bonchev–Trinajstić information content (AvgIpc) is 3.29. The fourth-order valence-corrected chi connectivity index (χ4v) is 4.33. The van der Waals surface area contributed by atoms with E-state index in [0.29, 0.717) is 44.0 Å². The van der Waals surface area contributed by atoms with Crippen molar-refractivity contribution in [2.24, 2.45) is 0 Å². The molecule has 0 saturated heterocycles. The second-order valence-electron chi connectivity index (χ2n) is 6.85. The Labute approximate surface area is 197 Å². The van der Waals surface area contributed by atoms with Crippen LogP contribution < -0.4 is 10.9 Å². The van der Waals surface area contributed by atoms with Gasteiger partial charge < -0.3 is 5.32 Å². The largest absolute Gasteiger partial charge is 0.323 e. The van der Waals surface area contributed by atoms with Crippen molar-refractivity contribution in [3.05, 3.63) is 69.5 Å². The second-order valence-corrected chi connectivity index (χ2v) is 8.67. The van der Waals surface area contributed by atoms with Gasteiger partial charge >= 0.3 is 0 Å². The van der Waals surface area contributed by atoms with Crippen LogP contribution in [0.25, 0.3) is 16.6 Å². The molecule has 0 saturated carbocycles. The number of hydrogen-bond acceptors (Lipinski definition) is 6. The van der Waals surface area contributed by atoms with Gasteiger partial charge in [-0.15, -0.1) is 0 Å². The Morgan fingerprint density at radius 3 is 2.69 bits per heavy atom. The molecular weight excluding hydrogens is 471 g/mol. The summed E-state index contributed by atoms with van der Waals surface area (Å²) in [5, 5.41) is 8.88. The quantitative estimate of drug-likeness (QED) is 0.305. The first kappa shape index (κ1) is 22.3. The zero-order valence-corrected chi connectivity index (χ0v) is 19.3. The zero-order chi connectivity index (χ0) is 22.7. The van der Waals surface area contributed by atoms with Gasteiger partial charge in [0, 0.05) is 16.6 Å². The van der Waals surface area contributed by atoms with Crippen LogP contribution in [-0.4, -0.2) is 36.0 Å². The fourth-order valence-electron chi connectivity index (χ4n) is 3.16. The average molecular weight is 489 g/mol. The molecule has 0 aliphatic rings. The van der Waals surface area contributed by atoms with E-state index >= 15 is 0 Å². The summed E-state index contributed by atoms with van der Waals surface area (Å²) in [6, 6.07) is 10.1. The maximum atomic E-state index is 12.9. The molecule has 0 bridgehead atoms. The standard InChI is InChI=1S/C21H18Cl2N6O2S/c1-2-7-28-20(31)15-5-3-13(22)8-16(15)27-21(28)32-10-19(30)26-17-9-14(23)4-6-18(17)29-12-24-11-25-29/h3-6,8-9,11-12H,2,7,10H2,1H3,(H,26,30). The molecule has 0 spiro atoms. The van der Waals surface area contributed by atoms with Gasteiger partial charge in [0.2, 0.25) is 5.91 Å². The Kier molecular flexibility index (Phi) is 6.78. The maximum Gasteiger partial charge on any atom is 0.262 e. The van der Waals surface area contributed by atoms with Gasteiger partial charge in [0.1, 0.15) is 12.7 Å². The number of hydrogen-bond donors (Lipinski definition) is 1. The number of aromatic nitrogens is 5. The predicted molar refractivity (Wildman–Crippen MR) is 127 cm³/mol. The van der Waals surface area contributed by atoms with Gasteiger partial charge in [0.15, 0.2) is 5.16 Å². The third-order valence-electron chi connectivity index (χ3n) is 4.56. The molecule has 2 heterocycles. The van der Waals surface area contributed by atoms with E-state index in [4.69, 9.17) is 23.2 Å². The molecule has 32 heavy (non-hydrogen) atoms. The van der Waals surface area contributed by atoms with E-state index < -0.39 is 0 Å². The lowest BCUT2D eigenvalue weighted by Gasteiger charge is -2.13. The smallest absolute Gasteiger partial charge is 0.262 e. The van der Waals surface area contributed by atoms with Crippen molar-refractivity contribution in [3.63, 3.8) is 0 Å². The van der Waals surface area contributed by atoms with Crippen LogP contribution in [0.1, 0.15) is 13.3 Å². The fraction of sp³-hybridized carbons (Fsp3) is 0.190. The summed E-state index contributed by atoms with van der Waals surface area (Å²) in [6.07, 6.45) is 3.69. The SMILES string of the molecule is CCCn1c(SCC(=O)Nc2cc(Cl)ccc2-n2cncn2)nc2cc(Cl)ccc2c1=O. The van der Waals surface area contributed by atoms with Crippen LogP contribution in [-0.2, 0) is 11.3 Å². The molecular formula is C21H18Cl2N6O2S. The second kappa shape index (κ2) is 9.72. The van der Waals surface area contributed by atoms with Crippen molar-refractivity contribution >= 4 is 57.5 Å². The van der Waals surface area contributed by atoms with Crippen molar-refractivity contribution in [2.75, 3.05) is 11.1 Å². The number of fused-ring (bicyclic) bond motifs is 1. The third kappa shape index (κ3) is 4.79. The van der Waals surface area contributed by atoms with Gasteiger partial charge in [-0.05, 0) is 42.8 Å². The van der Waals surface area contributed by atoms with E-state index in [2.05, 4.69) is 20.4 Å². The molecule has 0 fully saturated rings. The first-order valence-electron chi connectivity index (χ1n) is 9.73. The van der Waals surface area contributed by atoms with Crippen LogP contribution in [0.3, 0.4) is 0 Å². The van der Waals surface area contributed by atoms with Gasteiger partial charge in [-0.1, -0.05) is 41.9 Å². The van der Waals surface area contributed by atoms with Crippen LogP contribution in [0.15, 0.2) is 59.0 Å². The van der Waals surface area contributed by atoms with Gasteiger partial charge in [0.25, 0.3) is 5.56 Å². The van der Waals surface area contributed by atoms with Crippen LogP contribution in [0.2, 0.25) is 10.0 Å². The number of carbonyl (C=O) groups excluding carboxylic acids is 1. The maximum absolute atomic E-state index is 12.9. The normalized spacial score (nSPS) is 11.1. The molecule has 2 aromatic carbocycles. The van der Waals surface area contributed by atoms with Crippen molar-refractivity contribution in [1.29, 1.82) is 0 Å². The molecule has 0 unspecified atom stereocenters. The Morgan fingerprint density at radius 2 is 1.94 bits per heavy atom. The Hall–Kier alpha value is -2.88. The van der Waals surface area contributed by atoms with E-state index in [1.165, 1.54) is 29.1 Å². The molecule has 1 N–H and O–H groups in total. The summed E-state index contributed by atoms with van der Waals surface area (Å²) in [6.45, 7) is 2.48. The molecule has 0 aliphatic heterocycles. The van der Waals surface area contributed by atoms with Crippen LogP contribution >= 0.6 is 35.0 Å². The summed E-state index contributed by atoms with van der Waals surface area (Å²) >= 11 is 13.4. The minimum absolute atomic E-state index is 0.0472. The molecule has 0 atom stereocenters. The van der Waals surface area contributed by atoms with Crippen molar-refractivity contribution in [2.45, 2.75) is 25.0 Å². The molecule has 2 aromatic heterocycles. The van der Waals surface area contributed by atoms with Crippen molar-refractivity contribution in [3.8, 4) is 5.69 Å². The highest BCUT2D eigenvalue weighted by Gasteiger charge is 2.15.